The first-order valence-corrected chi connectivity index (χ1v) is 6.53. The lowest BCUT2D eigenvalue weighted by molar-refractivity contribution is 0.131. The normalized spacial score (nSPS) is 21.4. The summed E-state index contributed by atoms with van der Waals surface area (Å²) in [6.07, 6.45) is 4.14. The van der Waals surface area contributed by atoms with E-state index in [1.54, 1.807) is 0 Å². The Hall–Kier alpha value is -1.16. The van der Waals surface area contributed by atoms with Crippen LogP contribution in [0.5, 0.6) is 0 Å². The van der Waals surface area contributed by atoms with Gasteiger partial charge < -0.3 is 10.2 Å². The summed E-state index contributed by atoms with van der Waals surface area (Å²) >= 11 is 0. The Bertz CT molecular complexity index is 389. The highest BCUT2D eigenvalue weighted by molar-refractivity contribution is 5.18. The van der Waals surface area contributed by atoms with Crippen LogP contribution in [0.25, 0.3) is 0 Å². The van der Waals surface area contributed by atoms with E-state index in [9.17, 15) is 10.2 Å². The van der Waals surface area contributed by atoms with Gasteiger partial charge in [-0.15, -0.1) is 0 Å². The molecule has 0 bridgehead atoms. The number of allylic oxidation sites excluding steroid dienone is 1. The first kappa shape index (κ1) is 13.3. The van der Waals surface area contributed by atoms with Gasteiger partial charge in [-0.1, -0.05) is 36.4 Å². The third kappa shape index (κ3) is 3.19. The lowest BCUT2D eigenvalue weighted by atomic mass is 10.1. The van der Waals surface area contributed by atoms with Gasteiger partial charge in [-0.2, -0.15) is 0 Å². The van der Waals surface area contributed by atoms with Crippen molar-refractivity contribution in [2.75, 3.05) is 19.8 Å². The number of hydrogen-bond donors (Lipinski definition) is 2. The van der Waals surface area contributed by atoms with E-state index in [1.165, 1.54) is 5.56 Å². The maximum absolute atomic E-state index is 9.57. The second-order valence-corrected chi connectivity index (χ2v) is 4.73. The van der Waals surface area contributed by atoms with Gasteiger partial charge in [0.05, 0.1) is 19.3 Å². The largest absolute Gasteiger partial charge is 0.394 e. The molecule has 1 atom stereocenters. The molecule has 1 aliphatic rings. The molecule has 2 N–H and O–H groups in total. The Morgan fingerprint density at radius 2 is 1.94 bits per heavy atom. The Morgan fingerprint density at radius 3 is 2.61 bits per heavy atom. The molecule has 0 radical (unpaired) electrons. The molecule has 0 saturated carbocycles. The van der Waals surface area contributed by atoms with Crippen LogP contribution in [0.1, 0.15) is 18.4 Å². The molecule has 1 aliphatic heterocycles. The van der Waals surface area contributed by atoms with E-state index in [0.717, 1.165) is 31.5 Å². The number of hydrogen-bond acceptors (Lipinski definition) is 3. The van der Waals surface area contributed by atoms with Gasteiger partial charge in [-0.25, -0.2) is 0 Å². The number of rotatable bonds is 4. The van der Waals surface area contributed by atoms with Crippen molar-refractivity contribution >= 4 is 0 Å². The predicted octanol–water partition coefficient (Wildman–Crippen LogP) is 1.56. The quantitative estimate of drug-likeness (QED) is 0.794. The van der Waals surface area contributed by atoms with Crippen LogP contribution >= 0.6 is 0 Å². The molecule has 3 nitrogen and oxygen atoms in total. The van der Waals surface area contributed by atoms with Crippen molar-refractivity contribution in [3.8, 4) is 0 Å². The predicted molar refractivity (Wildman–Crippen MR) is 72.1 cm³/mol. The van der Waals surface area contributed by atoms with Crippen molar-refractivity contribution in [2.45, 2.75) is 25.4 Å². The van der Waals surface area contributed by atoms with Crippen molar-refractivity contribution in [2.24, 2.45) is 0 Å². The first-order chi connectivity index (χ1) is 8.85. The van der Waals surface area contributed by atoms with E-state index in [1.807, 2.05) is 18.2 Å². The van der Waals surface area contributed by atoms with Gasteiger partial charge in [0.2, 0.25) is 0 Å². The smallest absolute Gasteiger partial charge is 0.0657 e. The van der Waals surface area contributed by atoms with Gasteiger partial charge in [0.15, 0.2) is 0 Å². The highest BCUT2D eigenvalue weighted by Crippen LogP contribution is 2.19. The topological polar surface area (TPSA) is 43.7 Å². The van der Waals surface area contributed by atoms with Crippen LogP contribution in [-0.4, -0.2) is 40.9 Å². The van der Waals surface area contributed by atoms with Gasteiger partial charge in [-0.3, -0.25) is 4.90 Å². The third-order valence-electron chi connectivity index (χ3n) is 3.51. The van der Waals surface area contributed by atoms with Crippen molar-refractivity contribution in [1.82, 2.24) is 4.90 Å². The summed E-state index contributed by atoms with van der Waals surface area (Å²) < 4.78 is 0. The van der Waals surface area contributed by atoms with Crippen molar-refractivity contribution in [1.29, 1.82) is 0 Å². The molecule has 0 amide bonds. The minimum atomic E-state index is -0.0438. The Labute approximate surface area is 108 Å². The molecular weight excluding hydrogens is 226 g/mol. The highest BCUT2D eigenvalue weighted by atomic mass is 16.3. The van der Waals surface area contributed by atoms with Crippen LogP contribution in [0.2, 0.25) is 0 Å². The van der Waals surface area contributed by atoms with E-state index in [-0.39, 0.29) is 19.3 Å². The van der Waals surface area contributed by atoms with Crippen LogP contribution in [0.3, 0.4) is 0 Å². The number of nitrogens with zero attached hydrogens (tertiary/aromatic N) is 1. The molecule has 18 heavy (non-hydrogen) atoms. The van der Waals surface area contributed by atoms with Crippen LogP contribution < -0.4 is 0 Å². The minimum Gasteiger partial charge on any atom is -0.394 e. The van der Waals surface area contributed by atoms with Gasteiger partial charge in [-0.05, 0) is 30.5 Å². The summed E-state index contributed by atoms with van der Waals surface area (Å²) in [4.78, 5) is 2.25. The molecule has 98 valence electrons. The van der Waals surface area contributed by atoms with Gasteiger partial charge >= 0.3 is 0 Å². The van der Waals surface area contributed by atoms with Gasteiger partial charge in [0, 0.05) is 6.54 Å². The molecule has 0 spiro atoms. The molecule has 0 fully saturated rings. The number of aliphatic hydroxyl groups is 2. The minimum absolute atomic E-state index is 0.0382. The Kier molecular flexibility index (Phi) is 4.93. The first-order valence-electron chi connectivity index (χ1n) is 6.53. The maximum atomic E-state index is 9.57. The molecular formula is C15H21NO2. The molecule has 1 aromatic rings. The summed E-state index contributed by atoms with van der Waals surface area (Å²) in [5, 5.41) is 19.0. The van der Waals surface area contributed by atoms with Crippen LogP contribution in [0, 0.1) is 0 Å². The second kappa shape index (κ2) is 6.69. The van der Waals surface area contributed by atoms with E-state index in [2.05, 4.69) is 23.1 Å². The molecule has 2 rings (SSSR count). The monoisotopic (exact) mass is 247 g/mol. The molecule has 1 heterocycles. The zero-order chi connectivity index (χ0) is 12.8. The van der Waals surface area contributed by atoms with E-state index >= 15 is 0 Å². The lowest BCUT2D eigenvalue weighted by Gasteiger charge is -2.30. The van der Waals surface area contributed by atoms with E-state index in [4.69, 9.17) is 0 Å². The SMILES string of the molecule is OCC1=CCCCN(Cc2ccccc2)[C@H]1CO. The molecule has 0 saturated heterocycles. The van der Waals surface area contributed by atoms with Crippen molar-refractivity contribution in [3.05, 3.63) is 47.5 Å². The van der Waals surface area contributed by atoms with Crippen molar-refractivity contribution < 1.29 is 10.2 Å². The van der Waals surface area contributed by atoms with Gasteiger partial charge in [0.25, 0.3) is 0 Å². The molecule has 0 aromatic heterocycles. The fourth-order valence-electron chi connectivity index (χ4n) is 2.52. The average molecular weight is 247 g/mol. The average Bonchev–Trinajstić information content (AvgIpc) is 2.61. The summed E-state index contributed by atoms with van der Waals surface area (Å²) in [5.74, 6) is 0. The number of benzene rings is 1. The Morgan fingerprint density at radius 1 is 1.17 bits per heavy atom. The van der Waals surface area contributed by atoms with Crippen LogP contribution in [-0.2, 0) is 6.54 Å². The Balaban J connectivity index is 2.12. The zero-order valence-electron chi connectivity index (χ0n) is 10.6. The van der Waals surface area contributed by atoms with Gasteiger partial charge in [0.1, 0.15) is 0 Å². The lowest BCUT2D eigenvalue weighted by Crippen LogP contribution is -2.39. The maximum Gasteiger partial charge on any atom is 0.0657 e. The fourth-order valence-corrected chi connectivity index (χ4v) is 2.52. The molecule has 0 unspecified atom stereocenters. The van der Waals surface area contributed by atoms with E-state index < -0.39 is 0 Å². The summed E-state index contributed by atoms with van der Waals surface area (Å²) in [6.45, 7) is 1.89. The standard InChI is InChI=1S/C15H21NO2/c17-11-14-8-4-5-9-16(15(14)12-18)10-13-6-2-1-3-7-13/h1-3,6-8,15,17-18H,4-5,9-12H2/t15-/m0/s1. The summed E-state index contributed by atoms with van der Waals surface area (Å²) in [7, 11) is 0. The summed E-state index contributed by atoms with van der Waals surface area (Å²) in [6, 6.07) is 10.2. The highest BCUT2D eigenvalue weighted by Gasteiger charge is 2.23. The molecule has 1 aromatic carbocycles. The second-order valence-electron chi connectivity index (χ2n) is 4.73. The zero-order valence-corrected chi connectivity index (χ0v) is 10.6. The van der Waals surface area contributed by atoms with Crippen LogP contribution in [0.15, 0.2) is 42.0 Å². The van der Waals surface area contributed by atoms with Crippen LogP contribution in [0.4, 0.5) is 0 Å². The summed E-state index contributed by atoms with van der Waals surface area (Å²) in [5.41, 5.74) is 2.20. The third-order valence-corrected chi connectivity index (χ3v) is 3.51. The number of aliphatic hydroxyl groups excluding tert-OH is 2. The fraction of sp³-hybridized carbons (Fsp3) is 0.467. The van der Waals surface area contributed by atoms with Crippen molar-refractivity contribution in [3.63, 3.8) is 0 Å². The molecule has 0 aliphatic carbocycles. The molecule has 3 heteroatoms. The van der Waals surface area contributed by atoms with E-state index in [0.29, 0.717) is 0 Å².